The third-order valence-electron chi connectivity index (χ3n) is 6.00. The van der Waals surface area contributed by atoms with Gasteiger partial charge in [-0.25, -0.2) is 13.2 Å². The van der Waals surface area contributed by atoms with Crippen LogP contribution in [0.1, 0.15) is 18.4 Å². The van der Waals surface area contributed by atoms with E-state index < -0.39 is 16.1 Å². The number of benzene rings is 3. The predicted octanol–water partition coefficient (Wildman–Crippen LogP) is 4.80. The molecule has 0 atom stereocenters. The van der Waals surface area contributed by atoms with Gasteiger partial charge in [0, 0.05) is 35.1 Å². The lowest BCUT2D eigenvalue weighted by Gasteiger charge is -2.39. The van der Waals surface area contributed by atoms with E-state index >= 15 is 0 Å². The van der Waals surface area contributed by atoms with E-state index in [4.69, 9.17) is 16.3 Å². The van der Waals surface area contributed by atoms with E-state index in [-0.39, 0.29) is 12.6 Å². The molecule has 0 saturated carbocycles. The first-order chi connectivity index (χ1) is 14.9. The summed E-state index contributed by atoms with van der Waals surface area (Å²) in [6.07, 6.45) is 0.660. The zero-order valence-electron chi connectivity index (χ0n) is 16.7. The maximum absolute atomic E-state index is 13.4. The largest absolute Gasteiger partial charge is 0.444 e. The van der Waals surface area contributed by atoms with E-state index in [9.17, 15) is 13.2 Å². The van der Waals surface area contributed by atoms with Crippen molar-refractivity contribution in [1.29, 1.82) is 0 Å². The molecule has 0 aromatic heterocycles. The van der Waals surface area contributed by atoms with Gasteiger partial charge in [-0.2, -0.15) is 4.31 Å². The van der Waals surface area contributed by atoms with Gasteiger partial charge in [0.15, 0.2) is 0 Å². The van der Waals surface area contributed by atoms with E-state index in [1.54, 1.807) is 29.2 Å². The first kappa shape index (κ1) is 20.3. The fourth-order valence-electron chi connectivity index (χ4n) is 4.46. The number of anilines is 1. The van der Waals surface area contributed by atoms with Crippen molar-refractivity contribution in [3.05, 3.63) is 71.2 Å². The number of halogens is 1. The number of hydrogen-bond donors (Lipinski definition) is 0. The maximum Gasteiger partial charge on any atom is 0.414 e. The third-order valence-corrected chi connectivity index (χ3v) is 8.20. The van der Waals surface area contributed by atoms with Gasteiger partial charge in [0.05, 0.1) is 10.6 Å². The van der Waals surface area contributed by atoms with Crippen LogP contribution < -0.4 is 4.90 Å². The number of carbonyl (C=O) groups is 1. The fraction of sp³-hybridized carbons (Fsp3) is 0.261. The molecule has 3 aromatic carbocycles. The highest BCUT2D eigenvalue weighted by Crippen LogP contribution is 2.35. The van der Waals surface area contributed by atoms with Gasteiger partial charge < -0.3 is 4.74 Å². The van der Waals surface area contributed by atoms with Gasteiger partial charge in [-0.3, -0.25) is 4.90 Å². The van der Waals surface area contributed by atoms with Gasteiger partial charge in [-0.15, -0.1) is 0 Å². The van der Waals surface area contributed by atoms with E-state index in [0.717, 1.165) is 22.0 Å². The minimum atomic E-state index is -3.64. The lowest BCUT2D eigenvalue weighted by atomic mass is 10.0. The molecule has 1 fully saturated rings. The molecule has 2 aliphatic rings. The Kier molecular flexibility index (Phi) is 5.12. The van der Waals surface area contributed by atoms with Crippen molar-refractivity contribution in [1.82, 2.24) is 4.31 Å². The highest BCUT2D eigenvalue weighted by atomic mass is 35.5. The number of fused-ring (bicyclic) bond motifs is 2. The Hall–Kier alpha value is -2.61. The first-order valence-electron chi connectivity index (χ1n) is 10.2. The summed E-state index contributed by atoms with van der Waals surface area (Å²) in [5, 5.41) is 2.20. The van der Waals surface area contributed by atoms with Crippen molar-refractivity contribution >= 4 is 44.2 Å². The lowest BCUT2D eigenvalue weighted by Crippen LogP contribution is -2.50. The van der Waals surface area contributed by atoms with E-state index in [0.29, 0.717) is 35.8 Å². The Morgan fingerprint density at radius 1 is 0.968 bits per heavy atom. The average Bonchev–Trinajstić information content (AvgIpc) is 2.79. The van der Waals surface area contributed by atoms with Crippen molar-refractivity contribution in [2.75, 3.05) is 18.0 Å². The van der Waals surface area contributed by atoms with Gasteiger partial charge in [0.2, 0.25) is 10.0 Å². The molecule has 6 nitrogen and oxygen atoms in total. The van der Waals surface area contributed by atoms with Gasteiger partial charge in [-0.1, -0.05) is 48.0 Å². The Morgan fingerprint density at radius 3 is 2.52 bits per heavy atom. The van der Waals surface area contributed by atoms with Gasteiger partial charge >= 0.3 is 6.09 Å². The quantitative estimate of drug-likeness (QED) is 0.567. The molecule has 8 heteroatoms. The molecule has 0 N–H and O–H groups in total. The number of rotatable bonds is 3. The molecular weight excluding hydrogens is 436 g/mol. The van der Waals surface area contributed by atoms with Crippen LogP contribution in [0.25, 0.3) is 10.8 Å². The number of cyclic esters (lactones) is 1. The topological polar surface area (TPSA) is 66.9 Å². The summed E-state index contributed by atoms with van der Waals surface area (Å²) in [5.74, 6) is 0. The van der Waals surface area contributed by atoms with Crippen molar-refractivity contribution in [3.8, 4) is 0 Å². The van der Waals surface area contributed by atoms with Gasteiger partial charge in [0.25, 0.3) is 0 Å². The second-order valence-electron chi connectivity index (χ2n) is 7.81. The number of nitrogens with zero attached hydrogens (tertiary/aromatic N) is 2. The Labute approximate surface area is 186 Å². The minimum absolute atomic E-state index is 0.133. The molecule has 3 aromatic rings. The second-order valence-corrected chi connectivity index (χ2v) is 10.2. The Balaban J connectivity index is 1.39. The zero-order valence-corrected chi connectivity index (χ0v) is 18.3. The monoisotopic (exact) mass is 456 g/mol. The Bertz CT molecular complexity index is 1260. The molecule has 160 valence electrons. The van der Waals surface area contributed by atoms with Crippen molar-refractivity contribution < 1.29 is 17.9 Å². The predicted molar refractivity (Wildman–Crippen MR) is 120 cm³/mol. The highest BCUT2D eigenvalue weighted by molar-refractivity contribution is 7.89. The summed E-state index contributed by atoms with van der Waals surface area (Å²) in [5.41, 5.74) is 1.65. The summed E-state index contributed by atoms with van der Waals surface area (Å²) in [6.45, 7) is 0.866. The average molecular weight is 457 g/mol. The minimum Gasteiger partial charge on any atom is -0.444 e. The first-order valence-corrected chi connectivity index (χ1v) is 12.0. The standard InChI is InChI=1S/C23H21ClN2O4S/c24-18-8-9-21-17(14-18)15-30-23(27)26(21)19-10-12-25(13-11-19)31(28,29)22-7-3-5-16-4-1-2-6-20(16)22/h1-9,14,19H,10-13,15H2. The summed E-state index contributed by atoms with van der Waals surface area (Å²) in [4.78, 5) is 14.5. The van der Waals surface area contributed by atoms with Crippen molar-refractivity contribution in [3.63, 3.8) is 0 Å². The van der Waals surface area contributed by atoms with Crippen molar-refractivity contribution in [2.24, 2.45) is 0 Å². The molecule has 0 bridgehead atoms. The summed E-state index contributed by atoms with van der Waals surface area (Å²) in [6, 6.07) is 18.1. The highest BCUT2D eigenvalue weighted by Gasteiger charge is 2.37. The second kappa shape index (κ2) is 7.82. The lowest BCUT2D eigenvalue weighted by molar-refractivity contribution is 0.136. The van der Waals surface area contributed by atoms with E-state index in [1.807, 2.05) is 36.4 Å². The van der Waals surface area contributed by atoms with Crippen LogP contribution in [0.2, 0.25) is 5.02 Å². The number of amides is 1. The number of piperidine rings is 1. The SMILES string of the molecule is O=C1OCc2cc(Cl)ccc2N1C1CCN(S(=O)(=O)c2cccc3ccccc23)CC1. The third kappa shape index (κ3) is 3.56. The molecule has 1 saturated heterocycles. The molecule has 0 aliphatic carbocycles. The molecule has 2 heterocycles. The number of ether oxygens (including phenoxy) is 1. The number of carbonyl (C=O) groups excluding carboxylic acids is 1. The van der Waals surface area contributed by atoms with Crippen LogP contribution in [0, 0.1) is 0 Å². The molecule has 5 rings (SSSR count). The van der Waals surface area contributed by atoms with E-state index in [1.165, 1.54) is 4.31 Å². The van der Waals surface area contributed by atoms with Crippen LogP contribution in [0.5, 0.6) is 0 Å². The molecule has 1 amide bonds. The molecular formula is C23H21ClN2O4S. The van der Waals surface area contributed by atoms with Crippen LogP contribution in [-0.2, 0) is 21.4 Å². The van der Waals surface area contributed by atoms with Crippen LogP contribution in [0.15, 0.2) is 65.6 Å². The van der Waals surface area contributed by atoms with Crippen molar-refractivity contribution in [2.45, 2.75) is 30.4 Å². The fourth-order valence-corrected chi connectivity index (χ4v) is 6.34. The molecule has 0 radical (unpaired) electrons. The van der Waals surface area contributed by atoms with Gasteiger partial charge in [-0.05, 0) is 42.5 Å². The van der Waals surface area contributed by atoms with E-state index in [2.05, 4.69) is 0 Å². The van der Waals surface area contributed by atoms with Crippen LogP contribution in [0.3, 0.4) is 0 Å². The Morgan fingerprint density at radius 2 is 1.71 bits per heavy atom. The van der Waals surface area contributed by atoms with Gasteiger partial charge in [0.1, 0.15) is 6.61 Å². The molecule has 0 spiro atoms. The molecule has 2 aliphatic heterocycles. The smallest absolute Gasteiger partial charge is 0.414 e. The van der Waals surface area contributed by atoms with Crippen LogP contribution in [0.4, 0.5) is 10.5 Å². The van der Waals surface area contributed by atoms with Crippen LogP contribution >= 0.6 is 11.6 Å². The number of sulfonamides is 1. The zero-order chi connectivity index (χ0) is 21.6. The normalized spacial score (nSPS) is 18.1. The number of hydrogen-bond acceptors (Lipinski definition) is 4. The summed E-state index contributed by atoms with van der Waals surface area (Å²) in [7, 11) is -3.64. The molecule has 0 unspecified atom stereocenters. The van der Waals surface area contributed by atoms with Crippen LogP contribution in [-0.4, -0.2) is 37.9 Å². The summed E-state index contributed by atoms with van der Waals surface area (Å²) >= 11 is 6.08. The molecule has 31 heavy (non-hydrogen) atoms. The maximum atomic E-state index is 13.4. The summed E-state index contributed by atoms with van der Waals surface area (Å²) < 4.78 is 33.6.